The van der Waals surface area contributed by atoms with Crippen LogP contribution in [0.25, 0.3) is 11.1 Å². The van der Waals surface area contributed by atoms with Crippen molar-refractivity contribution in [3.8, 4) is 11.1 Å². The van der Waals surface area contributed by atoms with Crippen LogP contribution in [0.4, 0.5) is 17.2 Å². The van der Waals surface area contributed by atoms with Gasteiger partial charge in [-0.1, -0.05) is 66.7 Å². The Morgan fingerprint density at radius 3 is 2.30 bits per heavy atom. The first kappa shape index (κ1) is 29.5. The van der Waals surface area contributed by atoms with Gasteiger partial charge in [-0.25, -0.2) is 4.98 Å². The average Bonchev–Trinajstić information content (AvgIpc) is 3.03. The Hall–Kier alpha value is -5.02. The van der Waals surface area contributed by atoms with Gasteiger partial charge in [0.15, 0.2) is 0 Å². The zero-order valence-electron chi connectivity index (χ0n) is 23.9. The molecular weight excluding hydrogens is 540 g/mol. The lowest BCUT2D eigenvalue weighted by molar-refractivity contribution is -0.115. The number of pyridine rings is 1. The number of amides is 2. The SMILES string of the molecule is N=C(CC1(O)CCN(c2ccc(C(=O)Nc3cc(-c4ccccc4)ccc3N)cn2)CC1)C(=O)NCCc1ccccc1. The van der Waals surface area contributed by atoms with E-state index >= 15 is 0 Å². The Morgan fingerprint density at radius 1 is 0.930 bits per heavy atom. The maximum Gasteiger partial charge on any atom is 0.265 e. The molecule has 1 saturated heterocycles. The van der Waals surface area contributed by atoms with Crippen molar-refractivity contribution in [2.45, 2.75) is 31.3 Å². The molecule has 0 bridgehead atoms. The molecule has 0 spiro atoms. The van der Waals surface area contributed by atoms with Crippen LogP contribution in [0.1, 0.15) is 35.2 Å². The summed E-state index contributed by atoms with van der Waals surface area (Å²) in [5.41, 5.74) is 9.37. The monoisotopic (exact) mass is 576 g/mol. The number of anilines is 3. The van der Waals surface area contributed by atoms with Crippen molar-refractivity contribution in [1.29, 1.82) is 5.41 Å². The highest BCUT2D eigenvalue weighted by Gasteiger charge is 2.35. The number of carbonyl (C=O) groups excluding carboxylic acids is 2. The number of aliphatic hydroxyl groups is 1. The summed E-state index contributed by atoms with van der Waals surface area (Å²) >= 11 is 0. The largest absolute Gasteiger partial charge is 0.397 e. The molecule has 0 aliphatic carbocycles. The second-order valence-corrected chi connectivity index (χ2v) is 10.9. The van der Waals surface area contributed by atoms with E-state index < -0.39 is 11.5 Å². The van der Waals surface area contributed by atoms with Crippen molar-refractivity contribution in [3.63, 3.8) is 0 Å². The third-order valence-electron chi connectivity index (χ3n) is 7.76. The molecule has 2 amide bonds. The molecule has 3 aromatic carbocycles. The summed E-state index contributed by atoms with van der Waals surface area (Å²) in [6, 6.07) is 28.7. The molecule has 0 atom stereocenters. The minimum Gasteiger partial charge on any atom is -0.397 e. The predicted octanol–water partition coefficient (Wildman–Crippen LogP) is 4.68. The zero-order valence-corrected chi connectivity index (χ0v) is 23.9. The van der Waals surface area contributed by atoms with Gasteiger partial charge >= 0.3 is 0 Å². The van der Waals surface area contributed by atoms with Crippen LogP contribution in [0.3, 0.4) is 0 Å². The van der Waals surface area contributed by atoms with Crippen molar-refractivity contribution in [1.82, 2.24) is 10.3 Å². The Balaban J connectivity index is 1.11. The summed E-state index contributed by atoms with van der Waals surface area (Å²) in [7, 11) is 0. The fourth-order valence-corrected chi connectivity index (χ4v) is 5.19. The molecular formula is C34H36N6O3. The number of nitrogens with one attached hydrogen (secondary N) is 3. The van der Waals surface area contributed by atoms with Crippen LogP contribution in [-0.4, -0.2) is 52.9 Å². The normalized spacial score (nSPS) is 14.1. The Bertz CT molecular complexity index is 1570. The zero-order chi connectivity index (χ0) is 30.2. The molecule has 4 aromatic rings. The van der Waals surface area contributed by atoms with Gasteiger partial charge in [-0.15, -0.1) is 0 Å². The van der Waals surface area contributed by atoms with Gasteiger partial charge in [0.1, 0.15) is 5.82 Å². The third-order valence-corrected chi connectivity index (χ3v) is 7.76. The minimum absolute atomic E-state index is 0.000842. The first-order valence-corrected chi connectivity index (χ1v) is 14.4. The molecule has 43 heavy (non-hydrogen) atoms. The summed E-state index contributed by atoms with van der Waals surface area (Å²) in [6.45, 7) is 1.46. The molecule has 5 rings (SSSR count). The number of nitrogens with two attached hydrogens (primary N) is 1. The van der Waals surface area contributed by atoms with Crippen molar-refractivity contribution in [2.75, 3.05) is 35.6 Å². The van der Waals surface area contributed by atoms with E-state index in [2.05, 4.69) is 15.6 Å². The number of nitrogen functional groups attached to an aromatic ring is 1. The van der Waals surface area contributed by atoms with Crippen LogP contribution in [-0.2, 0) is 11.2 Å². The van der Waals surface area contributed by atoms with E-state index in [1.165, 1.54) is 6.20 Å². The number of hydrogen-bond donors (Lipinski definition) is 5. The molecule has 1 aliphatic rings. The molecule has 2 heterocycles. The number of benzene rings is 3. The van der Waals surface area contributed by atoms with Gasteiger partial charge in [0, 0.05) is 32.3 Å². The van der Waals surface area contributed by atoms with Gasteiger partial charge in [-0.2, -0.15) is 0 Å². The lowest BCUT2D eigenvalue weighted by atomic mass is 9.86. The smallest absolute Gasteiger partial charge is 0.265 e. The molecule has 1 aromatic heterocycles. The van der Waals surface area contributed by atoms with E-state index in [1.54, 1.807) is 18.2 Å². The summed E-state index contributed by atoms with van der Waals surface area (Å²) in [4.78, 5) is 31.9. The van der Waals surface area contributed by atoms with E-state index in [4.69, 9.17) is 11.1 Å². The predicted molar refractivity (Wildman–Crippen MR) is 170 cm³/mol. The molecule has 9 heteroatoms. The van der Waals surface area contributed by atoms with Gasteiger partial charge in [-0.3, -0.25) is 15.0 Å². The maximum absolute atomic E-state index is 13.0. The van der Waals surface area contributed by atoms with Crippen LogP contribution in [0.2, 0.25) is 0 Å². The van der Waals surface area contributed by atoms with Crippen LogP contribution < -0.4 is 21.3 Å². The number of aromatic nitrogens is 1. The van der Waals surface area contributed by atoms with Crippen LogP contribution in [0.15, 0.2) is 97.2 Å². The first-order valence-electron chi connectivity index (χ1n) is 14.4. The van der Waals surface area contributed by atoms with Crippen molar-refractivity contribution in [3.05, 3.63) is 108 Å². The molecule has 1 fully saturated rings. The van der Waals surface area contributed by atoms with Crippen molar-refractivity contribution in [2.24, 2.45) is 0 Å². The highest BCUT2D eigenvalue weighted by Crippen LogP contribution is 2.30. The topological polar surface area (TPSA) is 144 Å². The summed E-state index contributed by atoms with van der Waals surface area (Å²) in [5, 5.41) is 25.0. The molecule has 0 radical (unpaired) electrons. The van der Waals surface area contributed by atoms with Crippen molar-refractivity contribution >= 4 is 34.7 Å². The third kappa shape index (κ3) is 7.64. The standard InChI is InChI=1S/C34H36N6O3/c35-28-13-11-26(25-9-5-2-6-10-25)21-30(28)39-32(41)27-12-14-31(38-23-27)40-19-16-34(43,17-20-40)22-29(36)33(42)37-18-15-24-7-3-1-4-8-24/h1-14,21,23,36,43H,15-20,22,35H2,(H,37,42)(H,39,41). The molecule has 0 saturated carbocycles. The lowest BCUT2D eigenvalue weighted by Crippen LogP contribution is -2.47. The van der Waals surface area contributed by atoms with Gasteiger partial charge in [0.05, 0.1) is 28.3 Å². The summed E-state index contributed by atoms with van der Waals surface area (Å²) < 4.78 is 0. The number of nitrogens with zero attached hydrogens (tertiary/aromatic N) is 2. The molecule has 220 valence electrons. The van der Waals surface area contributed by atoms with Crippen LogP contribution >= 0.6 is 0 Å². The fraction of sp³-hybridized carbons (Fsp3) is 0.235. The quantitative estimate of drug-likeness (QED) is 0.137. The molecule has 6 N–H and O–H groups in total. The summed E-state index contributed by atoms with van der Waals surface area (Å²) in [6.07, 6.45) is 3.00. The van der Waals surface area contributed by atoms with E-state index in [0.717, 1.165) is 16.7 Å². The second kappa shape index (κ2) is 13.3. The minimum atomic E-state index is -1.13. The van der Waals surface area contributed by atoms with E-state index in [1.807, 2.05) is 77.7 Å². The molecule has 1 aliphatic heterocycles. The average molecular weight is 577 g/mol. The number of rotatable bonds is 10. The maximum atomic E-state index is 13.0. The van der Waals surface area contributed by atoms with Gasteiger partial charge in [-0.05, 0) is 60.2 Å². The molecule has 9 nitrogen and oxygen atoms in total. The van der Waals surface area contributed by atoms with Crippen LogP contribution in [0.5, 0.6) is 0 Å². The van der Waals surface area contributed by atoms with E-state index in [0.29, 0.717) is 61.7 Å². The first-order chi connectivity index (χ1) is 20.8. The fourth-order valence-electron chi connectivity index (χ4n) is 5.19. The Labute approximate surface area is 251 Å². The van der Waals surface area contributed by atoms with Crippen LogP contribution in [0, 0.1) is 5.41 Å². The summed E-state index contributed by atoms with van der Waals surface area (Å²) in [5.74, 6) is -0.0710. The highest BCUT2D eigenvalue weighted by atomic mass is 16.3. The van der Waals surface area contributed by atoms with E-state index in [9.17, 15) is 14.7 Å². The Kier molecular flexibility index (Phi) is 9.12. The number of piperidine rings is 1. The molecule has 0 unspecified atom stereocenters. The van der Waals surface area contributed by atoms with Gasteiger partial charge < -0.3 is 26.4 Å². The lowest BCUT2D eigenvalue weighted by Gasteiger charge is -2.38. The van der Waals surface area contributed by atoms with Crippen molar-refractivity contribution < 1.29 is 14.7 Å². The number of hydrogen-bond acceptors (Lipinski definition) is 7. The van der Waals surface area contributed by atoms with E-state index in [-0.39, 0.29) is 18.0 Å². The van der Waals surface area contributed by atoms with Gasteiger partial charge in [0.2, 0.25) is 0 Å². The second-order valence-electron chi connectivity index (χ2n) is 10.9. The van der Waals surface area contributed by atoms with Gasteiger partial charge in [0.25, 0.3) is 11.8 Å². The Morgan fingerprint density at radius 2 is 1.63 bits per heavy atom. The number of carbonyl (C=O) groups is 2. The highest BCUT2D eigenvalue weighted by molar-refractivity contribution is 6.37.